The van der Waals surface area contributed by atoms with Crippen molar-refractivity contribution in [2.75, 3.05) is 0 Å². The second-order valence-electron chi connectivity index (χ2n) is 5.12. The molecule has 0 aliphatic carbocycles. The molecular formula is C15H14O2S. The fraction of sp³-hybridized carbons (Fsp3) is 0.200. The molecule has 0 spiro atoms. The quantitative estimate of drug-likeness (QED) is 0.727. The van der Waals surface area contributed by atoms with Crippen LogP contribution in [-0.2, 0) is 15.3 Å². The molecule has 0 unspecified atom stereocenters. The Hall–Kier alpha value is -1.61. The Morgan fingerprint density at radius 2 is 1.17 bits per heavy atom. The van der Waals surface area contributed by atoms with E-state index < -0.39 is 9.84 Å². The van der Waals surface area contributed by atoms with E-state index in [4.69, 9.17) is 0 Å². The summed E-state index contributed by atoms with van der Waals surface area (Å²) in [6.45, 7) is 4.14. The van der Waals surface area contributed by atoms with Gasteiger partial charge < -0.3 is 0 Å². The van der Waals surface area contributed by atoms with Crippen molar-refractivity contribution in [3.63, 3.8) is 0 Å². The van der Waals surface area contributed by atoms with Gasteiger partial charge in [-0.05, 0) is 23.3 Å². The molecule has 0 saturated heterocycles. The molecule has 1 aliphatic heterocycles. The van der Waals surface area contributed by atoms with Crippen molar-refractivity contribution in [1.29, 1.82) is 0 Å². The minimum atomic E-state index is -3.37. The number of rotatable bonds is 0. The standard InChI is InChI=1S/C15H14O2S/c1-15(2)11-7-3-5-9-13(11)18(16,17)14-10-6-4-8-12(14)15/h3-10H,1-2H3. The van der Waals surface area contributed by atoms with Crippen LogP contribution in [0.2, 0.25) is 0 Å². The number of fused-ring (bicyclic) bond motifs is 2. The zero-order chi connectivity index (χ0) is 13.0. The van der Waals surface area contributed by atoms with Gasteiger partial charge in [-0.3, -0.25) is 0 Å². The van der Waals surface area contributed by atoms with Crippen molar-refractivity contribution >= 4 is 9.84 Å². The van der Waals surface area contributed by atoms with Crippen LogP contribution >= 0.6 is 0 Å². The Morgan fingerprint density at radius 3 is 1.61 bits per heavy atom. The molecule has 0 fully saturated rings. The Bertz CT molecular complexity index is 672. The van der Waals surface area contributed by atoms with Gasteiger partial charge in [0.2, 0.25) is 9.84 Å². The maximum Gasteiger partial charge on any atom is 0.207 e. The van der Waals surface area contributed by atoms with Gasteiger partial charge in [0.05, 0.1) is 9.79 Å². The second kappa shape index (κ2) is 3.45. The van der Waals surface area contributed by atoms with Crippen molar-refractivity contribution in [3.8, 4) is 0 Å². The van der Waals surface area contributed by atoms with Crippen molar-refractivity contribution < 1.29 is 8.42 Å². The summed E-state index contributed by atoms with van der Waals surface area (Å²) in [6.07, 6.45) is 0. The van der Waals surface area contributed by atoms with E-state index in [1.165, 1.54) is 0 Å². The van der Waals surface area contributed by atoms with Crippen LogP contribution in [0.25, 0.3) is 0 Å². The lowest BCUT2D eigenvalue weighted by Gasteiger charge is -2.34. The maximum atomic E-state index is 12.6. The minimum Gasteiger partial charge on any atom is -0.218 e. The number of hydrogen-bond acceptors (Lipinski definition) is 2. The molecule has 0 atom stereocenters. The second-order valence-corrected chi connectivity index (χ2v) is 7.01. The topological polar surface area (TPSA) is 34.1 Å². The summed E-state index contributed by atoms with van der Waals surface area (Å²) in [5, 5.41) is 0. The molecule has 3 heteroatoms. The molecule has 0 radical (unpaired) electrons. The molecule has 2 aromatic rings. The van der Waals surface area contributed by atoms with Gasteiger partial charge in [0.15, 0.2) is 0 Å². The summed E-state index contributed by atoms with van der Waals surface area (Å²) in [7, 11) is -3.37. The summed E-state index contributed by atoms with van der Waals surface area (Å²) in [4.78, 5) is 0.877. The van der Waals surface area contributed by atoms with E-state index in [2.05, 4.69) is 13.8 Å². The van der Waals surface area contributed by atoms with Gasteiger partial charge in [-0.25, -0.2) is 8.42 Å². The van der Waals surface area contributed by atoms with E-state index in [-0.39, 0.29) is 5.41 Å². The van der Waals surface area contributed by atoms with Crippen molar-refractivity contribution in [2.45, 2.75) is 29.1 Å². The van der Waals surface area contributed by atoms with E-state index in [1.54, 1.807) is 24.3 Å². The lowest BCUT2D eigenvalue weighted by molar-refractivity contribution is 0.555. The highest BCUT2D eigenvalue weighted by molar-refractivity contribution is 7.91. The van der Waals surface area contributed by atoms with Gasteiger partial charge >= 0.3 is 0 Å². The largest absolute Gasteiger partial charge is 0.218 e. The van der Waals surface area contributed by atoms with Gasteiger partial charge in [0.1, 0.15) is 0 Å². The first kappa shape index (κ1) is 11.5. The molecule has 92 valence electrons. The smallest absolute Gasteiger partial charge is 0.207 e. The predicted molar refractivity (Wildman–Crippen MR) is 70.5 cm³/mol. The zero-order valence-electron chi connectivity index (χ0n) is 10.3. The van der Waals surface area contributed by atoms with Gasteiger partial charge in [-0.2, -0.15) is 0 Å². The first-order valence-corrected chi connectivity index (χ1v) is 7.38. The summed E-state index contributed by atoms with van der Waals surface area (Å²) in [5.74, 6) is 0. The molecule has 2 aromatic carbocycles. The fourth-order valence-electron chi connectivity index (χ4n) is 2.70. The van der Waals surface area contributed by atoms with Crippen LogP contribution in [-0.4, -0.2) is 8.42 Å². The molecule has 0 amide bonds. The van der Waals surface area contributed by atoms with E-state index in [9.17, 15) is 8.42 Å². The van der Waals surface area contributed by atoms with Crippen LogP contribution in [0.1, 0.15) is 25.0 Å². The lowest BCUT2D eigenvalue weighted by atomic mass is 9.78. The Morgan fingerprint density at radius 1 is 0.778 bits per heavy atom. The van der Waals surface area contributed by atoms with Crippen molar-refractivity contribution in [3.05, 3.63) is 59.7 Å². The van der Waals surface area contributed by atoms with Gasteiger partial charge in [0, 0.05) is 5.41 Å². The van der Waals surface area contributed by atoms with Crippen LogP contribution in [0.4, 0.5) is 0 Å². The summed E-state index contributed by atoms with van der Waals surface area (Å²) in [5.41, 5.74) is 1.48. The zero-order valence-corrected chi connectivity index (χ0v) is 11.2. The molecule has 0 N–H and O–H groups in total. The third kappa shape index (κ3) is 1.31. The third-order valence-corrected chi connectivity index (χ3v) is 5.57. The van der Waals surface area contributed by atoms with Crippen LogP contribution < -0.4 is 0 Å². The summed E-state index contributed by atoms with van der Waals surface area (Å²) >= 11 is 0. The van der Waals surface area contributed by atoms with Gasteiger partial charge in [-0.1, -0.05) is 50.2 Å². The summed E-state index contributed by atoms with van der Waals surface area (Å²) < 4.78 is 25.2. The fourth-order valence-corrected chi connectivity index (χ4v) is 4.68. The molecule has 0 saturated carbocycles. The van der Waals surface area contributed by atoms with Crippen LogP contribution in [0, 0.1) is 0 Å². The molecule has 1 heterocycles. The molecular weight excluding hydrogens is 244 g/mol. The molecule has 18 heavy (non-hydrogen) atoms. The lowest BCUT2D eigenvalue weighted by Crippen LogP contribution is -2.29. The highest BCUT2D eigenvalue weighted by Crippen LogP contribution is 2.45. The summed E-state index contributed by atoms with van der Waals surface area (Å²) in [6, 6.07) is 14.5. The average molecular weight is 258 g/mol. The SMILES string of the molecule is CC1(C)c2ccccc2S(=O)(=O)c2ccccc21. The first-order valence-electron chi connectivity index (χ1n) is 5.90. The average Bonchev–Trinajstić information content (AvgIpc) is 2.37. The highest BCUT2D eigenvalue weighted by Gasteiger charge is 2.39. The normalized spacial score (nSPS) is 18.8. The first-order chi connectivity index (χ1) is 8.45. The molecule has 0 bridgehead atoms. The van der Waals surface area contributed by atoms with E-state index in [1.807, 2.05) is 24.3 Å². The van der Waals surface area contributed by atoms with Crippen molar-refractivity contribution in [1.82, 2.24) is 0 Å². The minimum absolute atomic E-state index is 0.279. The Labute approximate surface area is 107 Å². The molecule has 1 aliphatic rings. The van der Waals surface area contributed by atoms with Gasteiger partial charge in [-0.15, -0.1) is 0 Å². The van der Waals surface area contributed by atoms with Crippen LogP contribution in [0.3, 0.4) is 0 Å². The Balaban J connectivity index is 2.49. The third-order valence-electron chi connectivity index (χ3n) is 3.70. The van der Waals surface area contributed by atoms with Crippen LogP contribution in [0.5, 0.6) is 0 Å². The monoisotopic (exact) mass is 258 g/mol. The number of sulfone groups is 1. The highest BCUT2D eigenvalue weighted by atomic mass is 32.2. The van der Waals surface area contributed by atoms with Gasteiger partial charge in [0.25, 0.3) is 0 Å². The van der Waals surface area contributed by atoms with E-state index in [0.29, 0.717) is 9.79 Å². The van der Waals surface area contributed by atoms with Crippen molar-refractivity contribution in [2.24, 2.45) is 0 Å². The molecule has 2 nitrogen and oxygen atoms in total. The predicted octanol–water partition coefficient (Wildman–Crippen LogP) is 3.16. The number of benzene rings is 2. The van der Waals surface area contributed by atoms with E-state index in [0.717, 1.165) is 11.1 Å². The van der Waals surface area contributed by atoms with Crippen LogP contribution in [0.15, 0.2) is 58.3 Å². The number of hydrogen-bond donors (Lipinski definition) is 0. The van der Waals surface area contributed by atoms with E-state index >= 15 is 0 Å². The molecule has 3 rings (SSSR count). The maximum absolute atomic E-state index is 12.6. The molecule has 0 aromatic heterocycles. The Kier molecular flexibility index (Phi) is 2.20.